The lowest BCUT2D eigenvalue weighted by molar-refractivity contribution is -0.136. The zero-order chi connectivity index (χ0) is 19.8. The molecule has 0 atom stereocenters. The van der Waals surface area contributed by atoms with Gasteiger partial charge in [-0.15, -0.1) is 0 Å². The molecule has 27 heavy (non-hydrogen) atoms. The van der Waals surface area contributed by atoms with Gasteiger partial charge in [-0.2, -0.15) is 13.2 Å². The first-order valence-corrected chi connectivity index (χ1v) is 9.42. The average Bonchev–Trinajstić information content (AvgIpc) is 2.94. The van der Waals surface area contributed by atoms with Crippen LogP contribution in [-0.2, 0) is 12.6 Å². The van der Waals surface area contributed by atoms with Crippen molar-refractivity contribution in [1.29, 1.82) is 0 Å². The Bertz CT molecular complexity index is 980. The fourth-order valence-corrected chi connectivity index (χ4v) is 3.77. The summed E-state index contributed by atoms with van der Waals surface area (Å²) in [4.78, 5) is 2.92. The number of aromatic amines is 1. The third-order valence-corrected chi connectivity index (χ3v) is 5.15. The number of alkyl halides is 3. The highest BCUT2D eigenvalue weighted by Crippen LogP contribution is 2.42. The maximum Gasteiger partial charge on any atom is 0.418 e. The summed E-state index contributed by atoms with van der Waals surface area (Å²) in [6.07, 6.45) is -2.53. The number of rotatable bonds is 5. The van der Waals surface area contributed by atoms with Crippen molar-refractivity contribution in [1.82, 2.24) is 4.98 Å². The van der Waals surface area contributed by atoms with E-state index in [-0.39, 0.29) is 10.5 Å². The maximum absolute atomic E-state index is 13.5. The molecule has 8 heteroatoms. The monoisotopic (exact) mass is 434 g/mol. The molecule has 0 fully saturated rings. The van der Waals surface area contributed by atoms with E-state index in [1.807, 2.05) is 0 Å². The number of nitrogens with two attached hydrogens (primary N) is 1. The number of nitrogens with one attached hydrogen (secondary N) is 1. The molecule has 0 spiro atoms. The Morgan fingerprint density at radius 1 is 0.963 bits per heavy atom. The van der Waals surface area contributed by atoms with Gasteiger partial charge in [0.15, 0.2) is 0 Å². The zero-order valence-corrected chi connectivity index (χ0v) is 16.3. The van der Waals surface area contributed by atoms with Crippen LogP contribution in [-0.4, -0.2) is 11.5 Å². The number of H-pyrrole nitrogens is 1. The lowest BCUT2D eigenvalue weighted by Crippen LogP contribution is -2.05. The standard InChI is InChI=1S/C19H16Cl3F3N2/c20-10-4-5-16(22)14(7-10)17-12(3-1-2-6-26)13-8-11(21)9-15(18(13)27-17)19(23,24)25/h4-5,7-9,27H,1-3,6,26H2. The SMILES string of the molecule is NCCCCc1c(-c2cc(Cl)ccc2Cl)[nH]c2c(C(F)(F)F)cc(Cl)cc12. The third kappa shape index (κ3) is 4.21. The second-order valence-electron chi connectivity index (χ2n) is 6.22. The Hall–Kier alpha value is -1.40. The zero-order valence-electron chi connectivity index (χ0n) is 14.1. The molecule has 0 aliphatic heterocycles. The number of halogens is 6. The minimum Gasteiger partial charge on any atom is -0.354 e. The van der Waals surface area contributed by atoms with Gasteiger partial charge in [0.2, 0.25) is 0 Å². The van der Waals surface area contributed by atoms with Crippen LogP contribution in [0.5, 0.6) is 0 Å². The molecule has 1 heterocycles. The Morgan fingerprint density at radius 2 is 1.70 bits per heavy atom. The molecule has 3 aromatic rings. The number of unbranched alkanes of at least 4 members (excludes halogenated alkanes) is 1. The fraction of sp³-hybridized carbons (Fsp3) is 0.263. The van der Waals surface area contributed by atoms with E-state index in [0.29, 0.717) is 39.7 Å². The molecule has 0 amide bonds. The predicted octanol–water partition coefficient (Wildman–Crippen LogP) is 7.10. The van der Waals surface area contributed by atoms with Gasteiger partial charge in [0.05, 0.1) is 16.8 Å². The number of aryl methyl sites for hydroxylation is 1. The largest absolute Gasteiger partial charge is 0.418 e. The van der Waals surface area contributed by atoms with Crippen LogP contribution in [0.3, 0.4) is 0 Å². The summed E-state index contributed by atoms with van der Waals surface area (Å²) in [7, 11) is 0. The lowest BCUT2D eigenvalue weighted by Gasteiger charge is -2.09. The highest BCUT2D eigenvalue weighted by Gasteiger charge is 2.34. The Morgan fingerprint density at radius 3 is 2.37 bits per heavy atom. The number of benzene rings is 2. The molecule has 3 rings (SSSR count). The van der Waals surface area contributed by atoms with Gasteiger partial charge in [0.25, 0.3) is 0 Å². The van der Waals surface area contributed by atoms with Crippen LogP contribution in [0.2, 0.25) is 15.1 Å². The smallest absolute Gasteiger partial charge is 0.354 e. The van der Waals surface area contributed by atoms with Crippen LogP contribution in [0.25, 0.3) is 22.2 Å². The molecule has 0 saturated carbocycles. The van der Waals surface area contributed by atoms with Crippen LogP contribution in [0.4, 0.5) is 13.2 Å². The first-order valence-electron chi connectivity index (χ1n) is 8.29. The maximum atomic E-state index is 13.5. The first kappa shape index (κ1) is 20.3. The minimum absolute atomic E-state index is 0.0132. The van der Waals surface area contributed by atoms with E-state index in [4.69, 9.17) is 40.5 Å². The third-order valence-electron chi connectivity index (χ3n) is 4.36. The Labute approximate surface area is 169 Å². The highest BCUT2D eigenvalue weighted by molar-refractivity contribution is 6.35. The number of hydrogen-bond acceptors (Lipinski definition) is 1. The van der Waals surface area contributed by atoms with Crippen molar-refractivity contribution < 1.29 is 13.2 Å². The van der Waals surface area contributed by atoms with Crippen LogP contribution >= 0.6 is 34.8 Å². The summed E-state index contributed by atoms with van der Waals surface area (Å²) < 4.78 is 40.6. The Kier molecular flexibility index (Phi) is 5.96. The van der Waals surface area contributed by atoms with Crippen LogP contribution in [0.1, 0.15) is 24.0 Å². The van der Waals surface area contributed by atoms with E-state index in [1.54, 1.807) is 24.3 Å². The van der Waals surface area contributed by atoms with Crippen LogP contribution < -0.4 is 5.73 Å². The molecule has 0 aliphatic rings. The molecule has 0 saturated heterocycles. The molecule has 0 radical (unpaired) electrons. The predicted molar refractivity (Wildman–Crippen MR) is 106 cm³/mol. The van der Waals surface area contributed by atoms with Gasteiger partial charge in [-0.25, -0.2) is 0 Å². The molecule has 1 aromatic heterocycles. The quantitative estimate of drug-likeness (QED) is 0.412. The van der Waals surface area contributed by atoms with E-state index >= 15 is 0 Å². The summed E-state index contributed by atoms with van der Waals surface area (Å²) in [6.45, 7) is 0.504. The molecular formula is C19H16Cl3F3N2. The summed E-state index contributed by atoms with van der Waals surface area (Å²) in [5.74, 6) is 0. The average molecular weight is 436 g/mol. The van der Waals surface area contributed by atoms with Crippen molar-refractivity contribution in [2.45, 2.75) is 25.4 Å². The second kappa shape index (κ2) is 7.92. The van der Waals surface area contributed by atoms with Gasteiger partial charge in [0, 0.05) is 26.0 Å². The molecular weight excluding hydrogens is 420 g/mol. The first-order chi connectivity index (χ1) is 12.7. The molecule has 2 aromatic carbocycles. The van der Waals surface area contributed by atoms with Gasteiger partial charge in [-0.05, 0) is 61.7 Å². The van der Waals surface area contributed by atoms with E-state index in [2.05, 4.69) is 4.98 Å². The van der Waals surface area contributed by atoms with Gasteiger partial charge in [-0.1, -0.05) is 34.8 Å². The molecule has 3 N–H and O–H groups in total. The van der Waals surface area contributed by atoms with Crippen LogP contribution in [0.15, 0.2) is 30.3 Å². The van der Waals surface area contributed by atoms with Crippen molar-refractivity contribution in [2.24, 2.45) is 5.73 Å². The van der Waals surface area contributed by atoms with E-state index in [1.165, 1.54) is 0 Å². The molecule has 144 valence electrons. The van der Waals surface area contributed by atoms with E-state index in [9.17, 15) is 13.2 Å². The van der Waals surface area contributed by atoms with Gasteiger partial charge < -0.3 is 10.7 Å². The minimum atomic E-state index is -4.54. The summed E-state index contributed by atoms with van der Waals surface area (Å²) in [5, 5.41) is 1.29. The summed E-state index contributed by atoms with van der Waals surface area (Å²) in [6, 6.07) is 7.35. The van der Waals surface area contributed by atoms with Crippen LogP contribution in [0, 0.1) is 0 Å². The van der Waals surface area contributed by atoms with Gasteiger partial charge in [0.1, 0.15) is 0 Å². The highest BCUT2D eigenvalue weighted by atomic mass is 35.5. The van der Waals surface area contributed by atoms with E-state index < -0.39 is 11.7 Å². The van der Waals surface area contributed by atoms with Crippen molar-refractivity contribution in [3.8, 4) is 11.3 Å². The molecule has 2 nitrogen and oxygen atoms in total. The fourth-order valence-electron chi connectivity index (χ4n) is 3.16. The molecule has 0 unspecified atom stereocenters. The summed E-state index contributed by atoms with van der Waals surface area (Å²) in [5.41, 5.74) is 6.52. The molecule has 0 bridgehead atoms. The number of fused-ring (bicyclic) bond motifs is 1. The van der Waals surface area contributed by atoms with Crippen molar-refractivity contribution in [3.05, 3.63) is 56.5 Å². The van der Waals surface area contributed by atoms with Crippen molar-refractivity contribution >= 4 is 45.7 Å². The topological polar surface area (TPSA) is 41.8 Å². The normalized spacial score (nSPS) is 12.1. The van der Waals surface area contributed by atoms with Crippen molar-refractivity contribution in [2.75, 3.05) is 6.54 Å². The second-order valence-corrected chi connectivity index (χ2v) is 7.50. The Balaban J connectivity index is 2.31. The number of aromatic nitrogens is 1. The van der Waals surface area contributed by atoms with Gasteiger partial charge in [-0.3, -0.25) is 0 Å². The summed E-state index contributed by atoms with van der Waals surface area (Å²) >= 11 is 18.4. The van der Waals surface area contributed by atoms with Crippen molar-refractivity contribution in [3.63, 3.8) is 0 Å². The van der Waals surface area contributed by atoms with E-state index in [0.717, 1.165) is 24.5 Å². The molecule has 0 aliphatic carbocycles. The number of hydrogen-bond donors (Lipinski definition) is 2. The lowest BCUT2D eigenvalue weighted by atomic mass is 9.99. The van der Waals surface area contributed by atoms with Gasteiger partial charge >= 0.3 is 6.18 Å².